The topological polar surface area (TPSA) is 95.5 Å². The van der Waals surface area contributed by atoms with E-state index in [1.807, 2.05) is 34.6 Å². The fourth-order valence-electron chi connectivity index (χ4n) is 2.51. The van der Waals surface area contributed by atoms with Gasteiger partial charge in [0.2, 0.25) is 0 Å². The van der Waals surface area contributed by atoms with Gasteiger partial charge in [0, 0.05) is 45.8 Å². The SMILES string of the molecule is CCNC(=NCCCNC(=O)OC(C)(C)C)N1CCN(C(=O)OCC)CC1.I. The highest BCUT2D eigenvalue weighted by atomic mass is 127. The van der Waals surface area contributed by atoms with Crippen molar-refractivity contribution in [1.82, 2.24) is 20.4 Å². The Labute approximate surface area is 185 Å². The third-order valence-corrected chi connectivity index (χ3v) is 3.70. The molecule has 0 unspecified atom stereocenters. The number of carbonyl (C=O) groups excluding carboxylic acids is 2. The monoisotopic (exact) mass is 513 g/mol. The van der Waals surface area contributed by atoms with Crippen LogP contribution in [0.1, 0.15) is 41.0 Å². The number of aliphatic imine (C=N–C) groups is 1. The van der Waals surface area contributed by atoms with Crippen LogP contribution in [0.2, 0.25) is 0 Å². The van der Waals surface area contributed by atoms with Crippen LogP contribution in [0, 0.1) is 0 Å². The molecular formula is C18H36IN5O4. The number of rotatable bonds is 6. The molecule has 1 fully saturated rings. The summed E-state index contributed by atoms with van der Waals surface area (Å²) >= 11 is 0. The van der Waals surface area contributed by atoms with Crippen LogP contribution in [0.25, 0.3) is 0 Å². The third kappa shape index (κ3) is 10.8. The molecule has 1 saturated heterocycles. The molecule has 28 heavy (non-hydrogen) atoms. The maximum Gasteiger partial charge on any atom is 0.409 e. The lowest BCUT2D eigenvalue weighted by Crippen LogP contribution is -2.54. The van der Waals surface area contributed by atoms with Gasteiger partial charge < -0.3 is 29.9 Å². The van der Waals surface area contributed by atoms with E-state index >= 15 is 0 Å². The average molecular weight is 513 g/mol. The lowest BCUT2D eigenvalue weighted by molar-refractivity contribution is 0.0527. The van der Waals surface area contributed by atoms with E-state index in [-0.39, 0.29) is 30.1 Å². The highest BCUT2D eigenvalue weighted by Gasteiger charge is 2.23. The van der Waals surface area contributed by atoms with Crippen molar-refractivity contribution in [2.24, 2.45) is 4.99 Å². The molecule has 164 valence electrons. The molecule has 1 aliphatic rings. The van der Waals surface area contributed by atoms with Crippen LogP contribution in [0.5, 0.6) is 0 Å². The summed E-state index contributed by atoms with van der Waals surface area (Å²) in [4.78, 5) is 31.9. The van der Waals surface area contributed by atoms with E-state index in [0.717, 1.165) is 18.9 Å². The molecule has 0 saturated carbocycles. The first kappa shape index (κ1) is 26.5. The Balaban J connectivity index is 0.00000729. The highest BCUT2D eigenvalue weighted by molar-refractivity contribution is 14.0. The van der Waals surface area contributed by atoms with Crippen LogP contribution in [0.15, 0.2) is 4.99 Å². The second-order valence-corrected chi connectivity index (χ2v) is 7.19. The van der Waals surface area contributed by atoms with Crippen molar-refractivity contribution in [3.05, 3.63) is 0 Å². The number of piperazine rings is 1. The number of amides is 2. The lowest BCUT2D eigenvalue weighted by Gasteiger charge is -2.35. The van der Waals surface area contributed by atoms with Crippen LogP contribution in [0.4, 0.5) is 9.59 Å². The predicted octanol–water partition coefficient (Wildman–Crippen LogP) is 2.26. The molecule has 0 atom stereocenters. The molecule has 0 spiro atoms. The van der Waals surface area contributed by atoms with Gasteiger partial charge in [-0.15, -0.1) is 24.0 Å². The molecule has 1 rings (SSSR count). The van der Waals surface area contributed by atoms with Crippen molar-refractivity contribution in [1.29, 1.82) is 0 Å². The minimum atomic E-state index is -0.494. The van der Waals surface area contributed by atoms with E-state index in [1.165, 1.54) is 0 Å². The average Bonchev–Trinajstić information content (AvgIpc) is 2.59. The van der Waals surface area contributed by atoms with E-state index in [0.29, 0.717) is 45.9 Å². The normalized spacial score (nSPS) is 14.8. The molecule has 0 radical (unpaired) electrons. The van der Waals surface area contributed by atoms with Gasteiger partial charge in [-0.25, -0.2) is 9.59 Å². The minimum Gasteiger partial charge on any atom is -0.450 e. The zero-order chi connectivity index (χ0) is 20.3. The lowest BCUT2D eigenvalue weighted by atomic mass is 10.2. The Hall–Kier alpha value is -1.46. The molecule has 1 aliphatic heterocycles. The summed E-state index contributed by atoms with van der Waals surface area (Å²) in [7, 11) is 0. The smallest absolute Gasteiger partial charge is 0.409 e. The molecule has 2 N–H and O–H groups in total. The van der Waals surface area contributed by atoms with Gasteiger partial charge in [0.1, 0.15) is 5.60 Å². The third-order valence-electron chi connectivity index (χ3n) is 3.70. The summed E-state index contributed by atoms with van der Waals surface area (Å²) in [6.45, 7) is 14.2. The number of guanidine groups is 1. The largest absolute Gasteiger partial charge is 0.450 e. The predicted molar refractivity (Wildman–Crippen MR) is 120 cm³/mol. The molecule has 10 heteroatoms. The summed E-state index contributed by atoms with van der Waals surface area (Å²) in [5, 5.41) is 6.01. The summed E-state index contributed by atoms with van der Waals surface area (Å²) in [6, 6.07) is 0. The summed E-state index contributed by atoms with van der Waals surface area (Å²) in [5.41, 5.74) is -0.494. The van der Waals surface area contributed by atoms with Crippen LogP contribution >= 0.6 is 24.0 Å². The zero-order valence-electron chi connectivity index (χ0n) is 17.7. The van der Waals surface area contributed by atoms with Crippen LogP contribution < -0.4 is 10.6 Å². The highest BCUT2D eigenvalue weighted by Crippen LogP contribution is 2.06. The van der Waals surface area contributed by atoms with Gasteiger partial charge in [-0.05, 0) is 41.0 Å². The van der Waals surface area contributed by atoms with Crippen molar-refractivity contribution >= 4 is 42.1 Å². The number of nitrogens with one attached hydrogen (secondary N) is 2. The first-order valence-corrected chi connectivity index (χ1v) is 9.68. The molecule has 9 nitrogen and oxygen atoms in total. The van der Waals surface area contributed by atoms with Crippen molar-refractivity contribution in [2.45, 2.75) is 46.6 Å². The van der Waals surface area contributed by atoms with Gasteiger partial charge in [0.05, 0.1) is 6.61 Å². The standard InChI is InChI=1S/C18H35N5O4.HI/c1-6-19-15(20-9-8-10-21-16(24)27-18(3,4)5)22-11-13-23(14-12-22)17(25)26-7-2;/h6-14H2,1-5H3,(H,19,20)(H,21,24);1H. The molecule has 0 aromatic heterocycles. The van der Waals surface area contributed by atoms with Gasteiger partial charge in [-0.3, -0.25) is 4.99 Å². The van der Waals surface area contributed by atoms with Crippen molar-refractivity contribution in [2.75, 3.05) is 52.4 Å². The van der Waals surface area contributed by atoms with Gasteiger partial charge in [-0.1, -0.05) is 0 Å². The van der Waals surface area contributed by atoms with Crippen LogP contribution in [0.3, 0.4) is 0 Å². The van der Waals surface area contributed by atoms with E-state index in [1.54, 1.807) is 4.90 Å². The maximum atomic E-state index is 11.8. The first-order chi connectivity index (χ1) is 12.8. The van der Waals surface area contributed by atoms with E-state index in [2.05, 4.69) is 20.5 Å². The Morgan fingerprint density at radius 1 is 1.04 bits per heavy atom. The van der Waals surface area contributed by atoms with Crippen molar-refractivity contribution < 1.29 is 19.1 Å². The molecule has 0 aromatic carbocycles. The number of hydrogen-bond acceptors (Lipinski definition) is 5. The van der Waals surface area contributed by atoms with Gasteiger partial charge in [-0.2, -0.15) is 0 Å². The molecule has 0 bridgehead atoms. The first-order valence-electron chi connectivity index (χ1n) is 9.68. The molecular weight excluding hydrogens is 477 g/mol. The second-order valence-electron chi connectivity index (χ2n) is 7.19. The molecule has 0 aromatic rings. The Kier molecular flexibility index (Phi) is 13.0. The van der Waals surface area contributed by atoms with Crippen LogP contribution in [-0.2, 0) is 9.47 Å². The minimum absolute atomic E-state index is 0. The molecule has 0 aliphatic carbocycles. The zero-order valence-corrected chi connectivity index (χ0v) is 20.1. The summed E-state index contributed by atoms with van der Waals surface area (Å²) < 4.78 is 10.2. The van der Waals surface area contributed by atoms with Crippen LogP contribution in [-0.4, -0.2) is 86.0 Å². The molecule has 1 heterocycles. The number of carbonyl (C=O) groups is 2. The fraction of sp³-hybridized carbons (Fsp3) is 0.833. The molecule has 2 amide bonds. The number of nitrogens with zero attached hydrogens (tertiary/aromatic N) is 3. The quantitative estimate of drug-likeness (QED) is 0.245. The Morgan fingerprint density at radius 3 is 2.18 bits per heavy atom. The van der Waals surface area contributed by atoms with E-state index < -0.39 is 11.7 Å². The van der Waals surface area contributed by atoms with Gasteiger partial charge in [0.15, 0.2) is 5.96 Å². The second kappa shape index (κ2) is 13.7. The number of hydrogen-bond donors (Lipinski definition) is 2. The number of ether oxygens (including phenoxy) is 2. The van der Waals surface area contributed by atoms with E-state index in [9.17, 15) is 9.59 Å². The van der Waals surface area contributed by atoms with Crippen molar-refractivity contribution in [3.8, 4) is 0 Å². The maximum absolute atomic E-state index is 11.8. The Morgan fingerprint density at radius 2 is 1.64 bits per heavy atom. The summed E-state index contributed by atoms with van der Waals surface area (Å²) in [5.74, 6) is 0.832. The fourth-order valence-corrected chi connectivity index (χ4v) is 2.51. The summed E-state index contributed by atoms with van der Waals surface area (Å²) in [6.07, 6.45) is 0.0532. The van der Waals surface area contributed by atoms with Gasteiger partial charge >= 0.3 is 12.2 Å². The number of alkyl carbamates (subject to hydrolysis) is 1. The van der Waals surface area contributed by atoms with Gasteiger partial charge in [0.25, 0.3) is 0 Å². The van der Waals surface area contributed by atoms with Crippen molar-refractivity contribution in [3.63, 3.8) is 0 Å². The number of halogens is 1. The Bertz CT molecular complexity index is 503. The van der Waals surface area contributed by atoms with E-state index in [4.69, 9.17) is 9.47 Å².